The zero-order valence-corrected chi connectivity index (χ0v) is 13.3. The Hall–Kier alpha value is -2.89. The summed E-state index contributed by atoms with van der Waals surface area (Å²) in [5, 5.41) is 13.5. The van der Waals surface area contributed by atoms with Crippen molar-refractivity contribution in [2.75, 3.05) is 12.4 Å². The number of nitrogens with one attached hydrogen (secondary N) is 1. The van der Waals surface area contributed by atoms with Crippen molar-refractivity contribution in [1.29, 1.82) is 0 Å². The van der Waals surface area contributed by atoms with E-state index in [1.54, 1.807) is 0 Å². The van der Waals surface area contributed by atoms with Gasteiger partial charge in [-0.1, -0.05) is 23.8 Å². The molecule has 0 atom stereocenters. The third kappa shape index (κ3) is 4.06. The molecule has 0 heterocycles. The van der Waals surface area contributed by atoms with E-state index in [2.05, 4.69) is 5.32 Å². The molecule has 23 heavy (non-hydrogen) atoms. The van der Waals surface area contributed by atoms with Crippen molar-refractivity contribution in [3.05, 3.63) is 63.2 Å². The normalized spacial score (nSPS) is 10.2. The molecule has 0 spiro atoms. The summed E-state index contributed by atoms with van der Waals surface area (Å²) in [6.45, 7) is 3.90. The maximum absolute atomic E-state index is 12.3. The van der Waals surface area contributed by atoms with Gasteiger partial charge in [0.05, 0.1) is 24.1 Å². The molecule has 0 saturated carbocycles. The molecule has 0 unspecified atom stereocenters. The predicted molar refractivity (Wildman–Crippen MR) is 87.9 cm³/mol. The standard InChI is InChI=1S/C17H18N2O4/c1-11-4-5-12(2)13(8-11)9-17(20)18-15-10-14(19(21)22)6-7-16(15)23-3/h4-8,10H,9H2,1-3H3,(H,18,20). The number of rotatable bonds is 5. The topological polar surface area (TPSA) is 81.5 Å². The van der Waals surface area contributed by atoms with Gasteiger partial charge in [-0.2, -0.15) is 0 Å². The number of carbonyl (C=O) groups excluding carboxylic acids is 1. The van der Waals surface area contributed by atoms with E-state index in [-0.39, 0.29) is 23.7 Å². The molecule has 0 bridgehead atoms. The summed E-state index contributed by atoms with van der Waals surface area (Å²) in [4.78, 5) is 22.6. The second kappa shape index (κ2) is 6.91. The van der Waals surface area contributed by atoms with Gasteiger partial charge in [0.15, 0.2) is 0 Å². The van der Waals surface area contributed by atoms with Gasteiger partial charge in [0.25, 0.3) is 5.69 Å². The van der Waals surface area contributed by atoms with Gasteiger partial charge in [0.2, 0.25) is 5.91 Å². The number of amides is 1. The summed E-state index contributed by atoms with van der Waals surface area (Å²) >= 11 is 0. The van der Waals surface area contributed by atoms with Crippen molar-refractivity contribution >= 4 is 17.3 Å². The Labute approximate surface area is 134 Å². The first-order valence-corrected chi connectivity index (χ1v) is 7.09. The van der Waals surface area contributed by atoms with Crippen LogP contribution in [-0.2, 0) is 11.2 Å². The van der Waals surface area contributed by atoms with Crippen molar-refractivity contribution in [1.82, 2.24) is 0 Å². The second-order valence-electron chi connectivity index (χ2n) is 5.30. The number of methoxy groups -OCH3 is 1. The summed E-state index contributed by atoms with van der Waals surface area (Å²) in [5.41, 5.74) is 3.21. The lowest BCUT2D eigenvalue weighted by atomic mass is 10.0. The largest absolute Gasteiger partial charge is 0.495 e. The van der Waals surface area contributed by atoms with Crippen molar-refractivity contribution in [3.8, 4) is 5.75 Å². The van der Waals surface area contributed by atoms with Gasteiger partial charge in [0.1, 0.15) is 5.75 Å². The van der Waals surface area contributed by atoms with Crippen LogP contribution in [0.2, 0.25) is 0 Å². The number of ether oxygens (including phenoxy) is 1. The van der Waals surface area contributed by atoms with Crippen LogP contribution in [0.5, 0.6) is 5.75 Å². The Morgan fingerprint density at radius 1 is 1.22 bits per heavy atom. The highest BCUT2D eigenvalue weighted by Gasteiger charge is 2.14. The van der Waals surface area contributed by atoms with Crippen LogP contribution in [0.25, 0.3) is 0 Å². The molecule has 6 heteroatoms. The van der Waals surface area contributed by atoms with E-state index in [9.17, 15) is 14.9 Å². The summed E-state index contributed by atoms with van der Waals surface area (Å²) in [5.74, 6) is 0.127. The van der Waals surface area contributed by atoms with Crippen molar-refractivity contribution in [3.63, 3.8) is 0 Å². The van der Waals surface area contributed by atoms with Crippen LogP contribution >= 0.6 is 0 Å². The lowest BCUT2D eigenvalue weighted by molar-refractivity contribution is -0.384. The Kier molecular flexibility index (Phi) is 4.95. The summed E-state index contributed by atoms with van der Waals surface area (Å²) in [6, 6.07) is 10.00. The number of nitrogens with zero attached hydrogens (tertiary/aromatic N) is 1. The summed E-state index contributed by atoms with van der Waals surface area (Å²) in [6.07, 6.45) is 0.194. The van der Waals surface area contributed by atoms with Crippen LogP contribution in [0.4, 0.5) is 11.4 Å². The highest BCUT2D eigenvalue weighted by atomic mass is 16.6. The smallest absolute Gasteiger partial charge is 0.271 e. The average molecular weight is 314 g/mol. The zero-order chi connectivity index (χ0) is 17.0. The van der Waals surface area contributed by atoms with E-state index in [0.717, 1.165) is 16.7 Å². The van der Waals surface area contributed by atoms with E-state index >= 15 is 0 Å². The third-order valence-corrected chi connectivity index (χ3v) is 3.52. The van der Waals surface area contributed by atoms with E-state index in [1.807, 2.05) is 32.0 Å². The highest BCUT2D eigenvalue weighted by molar-refractivity contribution is 5.94. The Bertz CT molecular complexity index is 756. The minimum atomic E-state index is -0.514. The van der Waals surface area contributed by atoms with Crippen LogP contribution < -0.4 is 10.1 Å². The first-order chi connectivity index (χ1) is 10.9. The van der Waals surface area contributed by atoms with Crippen molar-refractivity contribution in [2.45, 2.75) is 20.3 Å². The number of anilines is 1. The summed E-state index contributed by atoms with van der Waals surface area (Å²) in [7, 11) is 1.45. The Morgan fingerprint density at radius 3 is 2.61 bits per heavy atom. The molecule has 0 fully saturated rings. The van der Waals surface area contributed by atoms with Crippen LogP contribution in [-0.4, -0.2) is 17.9 Å². The molecule has 0 aromatic heterocycles. The molecule has 0 aliphatic heterocycles. The molecule has 0 radical (unpaired) electrons. The van der Waals surface area contributed by atoms with E-state index in [1.165, 1.54) is 25.3 Å². The maximum atomic E-state index is 12.3. The highest BCUT2D eigenvalue weighted by Crippen LogP contribution is 2.29. The van der Waals surface area contributed by atoms with Gasteiger partial charge >= 0.3 is 0 Å². The van der Waals surface area contributed by atoms with Crippen LogP contribution in [0.1, 0.15) is 16.7 Å². The van der Waals surface area contributed by atoms with Crippen LogP contribution in [0, 0.1) is 24.0 Å². The van der Waals surface area contributed by atoms with E-state index in [0.29, 0.717) is 5.75 Å². The molecular weight excluding hydrogens is 296 g/mol. The van der Waals surface area contributed by atoms with Gasteiger partial charge in [-0.15, -0.1) is 0 Å². The maximum Gasteiger partial charge on any atom is 0.271 e. The second-order valence-corrected chi connectivity index (χ2v) is 5.30. The van der Waals surface area contributed by atoms with Crippen LogP contribution in [0.3, 0.4) is 0 Å². The van der Waals surface area contributed by atoms with Gasteiger partial charge < -0.3 is 10.1 Å². The fourth-order valence-electron chi connectivity index (χ4n) is 2.27. The number of nitro groups is 1. The molecule has 2 aromatic rings. The van der Waals surface area contributed by atoms with Gasteiger partial charge in [-0.05, 0) is 31.0 Å². The average Bonchev–Trinajstić information content (AvgIpc) is 2.50. The number of hydrogen-bond acceptors (Lipinski definition) is 4. The Balaban J connectivity index is 2.21. The number of carbonyl (C=O) groups is 1. The molecule has 2 rings (SSSR count). The van der Waals surface area contributed by atoms with Gasteiger partial charge in [0, 0.05) is 12.1 Å². The predicted octanol–water partition coefficient (Wildman–Crippen LogP) is 3.40. The van der Waals surface area contributed by atoms with Crippen molar-refractivity contribution in [2.24, 2.45) is 0 Å². The zero-order valence-electron chi connectivity index (χ0n) is 13.3. The quantitative estimate of drug-likeness (QED) is 0.677. The molecule has 120 valence electrons. The number of non-ortho nitro benzene ring substituents is 1. The molecule has 1 amide bonds. The lowest BCUT2D eigenvalue weighted by Crippen LogP contribution is -2.16. The van der Waals surface area contributed by atoms with E-state index < -0.39 is 4.92 Å². The molecule has 1 N–H and O–H groups in total. The van der Waals surface area contributed by atoms with Gasteiger partial charge in [-0.25, -0.2) is 0 Å². The summed E-state index contributed by atoms with van der Waals surface area (Å²) < 4.78 is 5.14. The Morgan fingerprint density at radius 2 is 1.96 bits per heavy atom. The fourth-order valence-corrected chi connectivity index (χ4v) is 2.27. The number of hydrogen-bond donors (Lipinski definition) is 1. The third-order valence-electron chi connectivity index (χ3n) is 3.52. The molecule has 0 aliphatic rings. The first-order valence-electron chi connectivity index (χ1n) is 7.09. The number of benzene rings is 2. The number of nitro benzene ring substituents is 1. The molecule has 2 aromatic carbocycles. The molecular formula is C17H18N2O4. The first kappa shape index (κ1) is 16.5. The van der Waals surface area contributed by atoms with Crippen LogP contribution in [0.15, 0.2) is 36.4 Å². The lowest BCUT2D eigenvalue weighted by Gasteiger charge is -2.11. The fraction of sp³-hybridized carbons (Fsp3) is 0.235. The molecule has 0 aliphatic carbocycles. The minimum Gasteiger partial charge on any atom is -0.495 e. The van der Waals surface area contributed by atoms with E-state index in [4.69, 9.17) is 4.74 Å². The molecule has 6 nitrogen and oxygen atoms in total. The minimum absolute atomic E-state index is 0.104. The monoisotopic (exact) mass is 314 g/mol. The molecule has 0 saturated heterocycles. The van der Waals surface area contributed by atoms with Crippen molar-refractivity contribution < 1.29 is 14.5 Å². The van der Waals surface area contributed by atoms with Gasteiger partial charge in [-0.3, -0.25) is 14.9 Å². The SMILES string of the molecule is COc1ccc([N+](=O)[O-])cc1NC(=O)Cc1cc(C)ccc1C. The number of aryl methyl sites for hydroxylation is 2.